The van der Waals surface area contributed by atoms with E-state index in [1.807, 2.05) is 6.92 Å². The second kappa shape index (κ2) is 1.99. The molecule has 2 bridgehead atoms. The van der Waals surface area contributed by atoms with E-state index in [4.69, 9.17) is 0 Å². The van der Waals surface area contributed by atoms with Gasteiger partial charge in [-0.1, -0.05) is 13.8 Å². The first-order chi connectivity index (χ1) is 5.39. The highest BCUT2D eigenvalue weighted by Gasteiger charge is 2.72. The van der Waals surface area contributed by atoms with Gasteiger partial charge in [0.1, 0.15) is 0 Å². The zero-order valence-corrected chi connectivity index (χ0v) is 7.28. The molecule has 3 heteroatoms. The average Bonchev–Trinajstić information content (AvgIpc) is 2.44. The minimum atomic E-state index is -3.98. The van der Waals surface area contributed by atoms with Crippen LogP contribution in [0.5, 0.6) is 0 Å². The predicted octanol–water partition coefficient (Wildman–Crippen LogP) is 3.23. The van der Waals surface area contributed by atoms with Gasteiger partial charge < -0.3 is 0 Å². The van der Waals surface area contributed by atoms with E-state index in [1.54, 1.807) is 0 Å². The van der Waals surface area contributed by atoms with E-state index in [0.717, 1.165) is 12.8 Å². The molecular formula is C9H13F3. The van der Waals surface area contributed by atoms with Gasteiger partial charge in [-0.05, 0) is 30.6 Å². The lowest BCUT2D eigenvalue weighted by molar-refractivity contribution is -0.291. The van der Waals surface area contributed by atoms with Gasteiger partial charge in [-0.3, -0.25) is 0 Å². The Hall–Kier alpha value is -0.210. The Morgan fingerprint density at radius 2 is 1.58 bits per heavy atom. The van der Waals surface area contributed by atoms with Gasteiger partial charge in [0.15, 0.2) is 0 Å². The van der Waals surface area contributed by atoms with Crippen molar-refractivity contribution >= 4 is 0 Å². The van der Waals surface area contributed by atoms with Crippen LogP contribution in [-0.2, 0) is 0 Å². The van der Waals surface area contributed by atoms with Crippen LogP contribution in [0.1, 0.15) is 26.7 Å². The number of alkyl halides is 3. The highest BCUT2D eigenvalue weighted by molar-refractivity contribution is 5.12. The van der Waals surface area contributed by atoms with Crippen LogP contribution in [0.3, 0.4) is 0 Å². The van der Waals surface area contributed by atoms with Gasteiger partial charge >= 0.3 is 6.18 Å². The fourth-order valence-corrected chi connectivity index (χ4v) is 3.43. The molecule has 0 aromatic rings. The zero-order valence-electron chi connectivity index (χ0n) is 7.28. The molecule has 0 nitrogen and oxygen atoms in total. The van der Waals surface area contributed by atoms with Crippen LogP contribution in [0.15, 0.2) is 0 Å². The molecule has 0 saturated heterocycles. The van der Waals surface area contributed by atoms with Crippen molar-refractivity contribution in [3.8, 4) is 0 Å². The third-order valence-electron chi connectivity index (χ3n) is 4.21. The molecule has 12 heavy (non-hydrogen) atoms. The lowest BCUT2D eigenvalue weighted by Crippen LogP contribution is -2.56. The Labute approximate surface area is 70.1 Å². The van der Waals surface area contributed by atoms with Crippen molar-refractivity contribution in [1.82, 2.24) is 0 Å². The van der Waals surface area contributed by atoms with Crippen LogP contribution in [0, 0.1) is 23.2 Å². The monoisotopic (exact) mass is 178 g/mol. The molecule has 0 spiro atoms. The van der Waals surface area contributed by atoms with Crippen molar-refractivity contribution in [3.05, 3.63) is 0 Å². The number of rotatable bonds is 0. The first-order valence-electron chi connectivity index (χ1n) is 4.45. The molecule has 2 unspecified atom stereocenters. The van der Waals surface area contributed by atoms with Crippen molar-refractivity contribution in [3.63, 3.8) is 0 Å². The van der Waals surface area contributed by atoms with E-state index in [2.05, 4.69) is 0 Å². The van der Waals surface area contributed by atoms with Crippen molar-refractivity contribution in [2.24, 2.45) is 23.2 Å². The molecule has 3 rings (SSSR count). The van der Waals surface area contributed by atoms with Gasteiger partial charge in [0.05, 0.1) is 5.41 Å². The van der Waals surface area contributed by atoms with Crippen LogP contribution < -0.4 is 0 Å². The van der Waals surface area contributed by atoms with Gasteiger partial charge in [0.25, 0.3) is 0 Å². The molecule has 0 radical (unpaired) electrons. The second-order valence-electron chi connectivity index (χ2n) is 4.43. The predicted molar refractivity (Wildman–Crippen MR) is 39.5 cm³/mol. The minimum absolute atomic E-state index is 0.0949. The first-order valence-corrected chi connectivity index (χ1v) is 4.45. The summed E-state index contributed by atoms with van der Waals surface area (Å²) in [5, 5.41) is 0. The summed E-state index contributed by atoms with van der Waals surface area (Å²) >= 11 is 0. The Morgan fingerprint density at radius 1 is 1.17 bits per heavy atom. The van der Waals surface area contributed by atoms with E-state index >= 15 is 0 Å². The lowest BCUT2D eigenvalue weighted by atomic mass is 9.53. The smallest absolute Gasteiger partial charge is 0.170 e. The van der Waals surface area contributed by atoms with Crippen molar-refractivity contribution in [2.45, 2.75) is 32.9 Å². The van der Waals surface area contributed by atoms with Crippen LogP contribution in [0.4, 0.5) is 13.2 Å². The molecule has 3 saturated carbocycles. The maximum Gasteiger partial charge on any atom is 0.394 e. The molecule has 3 fully saturated rings. The molecule has 0 aliphatic heterocycles. The third kappa shape index (κ3) is 0.662. The molecule has 70 valence electrons. The van der Waals surface area contributed by atoms with Crippen molar-refractivity contribution in [1.29, 1.82) is 0 Å². The topological polar surface area (TPSA) is 0 Å². The maximum atomic E-state index is 12.6. The van der Waals surface area contributed by atoms with Gasteiger partial charge in [0.2, 0.25) is 0 Å². The van der Waals surface area contributed by atoms with E-state index in [0.29, 0.717) is 5.92 Å². The van der Waals surface area contributed by atoms with Gasteiger partial charge in [-0.2, -0.15) is 13.2 Å². The normalized spacial score (nSPS) is 52.2. The van der Waals surface area contributed by atoms with Crippen LogP contribution in [0.25, 0.3) is 0 Å². The summed E-state index contributed by atoms with van der Waals surface area (Å²) in [6.45, 7) is 3.35. The van der Waals surface area contributed by atoms with Crippen molar-refractivity contribution in [2.75, 3.05) is 0 Å². The Kier molecular flexibility index (Phi) is 1.39. The third-order valence-corrected chi connectivity index (χ3v) is 4.21. The highest BCUT2D eigenvalue weighted by Crippen LogP contribution is 2.71. The fourth-order valence-electron chi connectivity index (χ4n) is 3.43. The van der Waals surface area contributed by atoms with Gasteiger partial charge in [-0.25, -0.2) is 0 Å². The molecule has 0 heterocycles. The Bertz CT molecular complexity index is 194. The maximum absolute atomic E-state index is 12.6. The van der Waals surface area contributed by atoms with E-state index < -0.39 is 11.6 Å². The molecule has 3 aliphatic carbocycles. The molecule has 0 amide bonds. The van der Waals surface area contributed by atoms with E-state index in [-0.39, 0.29) is 11.8 Å². The van der Waals surface area contributed by atoms with Crippen LogP contribution in [-0.4, -0.2) is 6.18 Å². The Balaban J connectivity index is 2.27. The van der Waals surface area contributed by atoms with E-state index in [9.17, 15) is 13.2 Å². The molecule has 0 aromatic heterocycles. The molecule has 0 N–H and O–H groups in total. The number of hydrogen-bond acceptors (Lipinski definition) is 0. The summed E-state index contributed by atoms with van der Waals surface area (Å²) in [6.07, 6.45) is -2.42. The highest BCUT2D eigenvalue weighted by atomic mass is 19.4. The number of halogens is 3. The lowest BCUT2D eigenvalue weighted by Gasteiger charge is -2.53. The van der Waals surface area contributed by atoms with Crippen LogP contribution >= 0.6 is 0 Å². The number of fused-ring (bicyclic) bond motifs is 1. The fraction of sp³-hybridized carbons (Fsp3) is 1.00. The van der Waals surface area contributed by atoms with Crippen molar-refractivity contribution < 1.29 is 13.2 Å². The molecule has 4 atom stereocenters. The average molecular weight is 178 g/mol. The molecule has 3 aliphatic rings. The van der Waals surface area contributed by atoms with Gasteiger partial charge in [0, 0.05) is 0 Å². The summed E-state index contributed by atoms with van der Waals surface area (Å²) in [5.74, 6) is 0.113. The summed E-state index contributed by atoms with van der Waals surface area (Å²) < 4.78 is 37.8. The summed E-state index contributed by atoms with van der Waals surface area (Å²) in [6, 6.07) is 0. The Morgan fingerprint density at radius 3 is 1.75 bits per heavy atom. The summed E-state index contributed by atoms with van der Waals surface area (Å²) in [7, 11) is 0. The first kappa shape index (κ1) is 8.39. The standard InChI is InChI=1S/C9H13F3/c1-5-6-3-4-7(5)8(6,2)9(10,11)12/h5-7H,3-4H2,1-2H3/t5?,6-,7+,8?. The largest absolute Gasteiger partial charge is 0.394 e. The zero-order chi connectivity index (χ0) is 9.15. The number of hydrogen-bond donors (Lipinski definition) is 0. The van der Waals surface area contributed by atoms with Gasteiger partial charge in [-0.15, -0.1) is 0 Å². The quantitative estimate of drug-likeness (QED) is 0.534. The SMILES string of the molecule is CC1[C@H]2CC[C@@H]1C2(C)C(F)(F)F. The summed E-state index contributed by atoms with van der Waals surface area (Å²) in [5.41, 5.74) is -1.34. The molecular weight excluding hydrogens is 165 g/mol. The van der Waals surface area contributed by atoms with E-state index in [1.165, 1.54) is 6.92 Å². The molecule has 0 aromatic carbocycles. The minimum Gasteiger partial charge on any atom is -0.170 e. The summed E-state index contributed by atoms with van der Waals surface area (Å²) in [4.78, 5) is 0. The van der Waals surface area contributed by atoms with Crippen LogP contribution in [0.2, 0.25) is 0 Å². The second-order valence-corrected chi connectivity index (χ2v) is 4.43.